The van der Waals surface area contributed by atoms with Gasteiger partial charge in [-0.25, -0.2) is 0 Å². The van der Waals surface area contributed by atoms with Crippen molar-refractivity contribution < 1.29 is 17.3 Å². The third-order valence-corrected chi connectivity index (χ3v) is 2.72. The first-order chi connectivity index (χ1) is 7.42. The summed E-state index contributed by atoms with van der Waals surface area (Å²) in [7, 11) is -1.82. The maximum Gasteiger partial charge on any atom is 0.264 e. The molecule has 1 unspecified atom stereocenters. The number of methoxy groups -OCH3 is 1. The molecule has 90 valence electrons. The zero-order chi connectivity index (χ0) is 12.2. The number of ether oxygens (including phenoxy) is 1. The van der Waals surface area contributed by atoms with E-state index in [2.05, 4.69) is 0 Å². The van der Waals surface area contributed by atoms with Gasteiger partial charge in [0.25, 0.3) is 10.1 Å². The van der Waals surface area contributed by atoms with Gasteiger partial charge >= 0.3 is 0 Å². The zero-order valence-corrected chi connectivity index (χ0v) is 10.5. The Morgan fingerprint density at radius 2 is 1.94 bits per heavy atom. The topological polar surface area (TPSA) is 52.6 Å². The van der Waals surface area contributed by atoms with Gasteiger partial charge in [-0.3, -0.25) is 4.18 Å². The van der Waals surface area contributed by atoms with Crippen LogP contribution < -0.4 is 4.74 Å². The minimum atomic E-state index is -3.40. The molecule has 1 rings (SSSR count). The Morgan fingerprint density at radius 1 is 1.31 bits per heavy atom. The highest BCUT2D eigenvalue weighted by atomic mass is 32.2. The van der Waals surface area contributed by atoms with E-state index in [4.69, 9.17) is 8.92 Å². The van der Waals surface area contributed by atoms with Crippen molar-refractivity contribution in [3.05, 3.63) is 29.8 Å². The Labute approximate surface area is 96.3 Å². The molecule has 0 aliphatic heterocycles. The molecule has 0 saturated carbocycles. The SMILES string of the molecule is COc1ccccc1CC(C)OS(C)(=O)=O. The quantitative estimate of drug-likeness (QED) is 0.738. The minimum absolute atomic E-state index is 0.397. The predicted octanol–water partition coefficient (Wildman–Crippen LogP) is 1.60. The summed E-state index contributed by atoms with van der Waals surface area (Å²) in [5.41, 5.74) is 0.932. The van der Waals surface area contributed by atoms with Crippen molar-refractivity contribution in [3.63, 3.8) is 0 Å². The Balaban J connectivity index is 2.73. The van der Waals surface area contributed by atoms with Gasteiger partial charge in [0.2, 0.25) is 0 Å². The van der Waals surface area contributed by atoms with Gasteiger partial charge in [0, 0.05) is 6.42 Å². The van der Waals surface area contributed by atoms with Crippen molar-refractivity contribution in [1.29, 1.82) is 0 Å². The maximum absolute atomic E-state index is 10.9. The van der Waals surface area contributed by atoms with Crippen molar-refractivity contribution in [2.24, 2.45) is 0 Å². The fourth-order valence-electron chi connectivity index (χ4n) is 1.51. The van der Waals surface area contributed by atoms with Crippen LogP contribution in [0.2, 0.25) is 0 Å². The van der Waals surface area contributed by atoms with Gasteiger partial charge in [0.15, 0.2) is 0 Å². The average molecular weight is 244 g/mol. The Morgan fingerprint density at radius 3 is 2.50 bits per heavy atom. The van der Waals surface area contributed by atoms with Crippen LogP contribution in [0.15, 0.2) is 24.3 Å². The van der Waals surface area contributed by atoms with E-state index in [1.165, 1.54) is 0 Å². The van der Waals surface area contributed by atoms with Crippen LogP contribution in [-0.4, -0.2) is 27.9 Å². The Hall–Kier alpha value is -1.07. The summed E-state index contributed by atoms with van der Waals surface area (Å²) < 4.78 is 31.9. The van der Waals surface area contributed by atoms with Crippen LogP contribution >= 0.6 is 0 Å². The van der Waals surface area contributed by atoms with Crippen molar-refractivity contribution in [2.75, 3.05) is 13.4 Å². The van der Waals surface area contributed by atoms with E-state index in [1.54, 1.807) is 14.0 Å². The lowest BCUT2D eigenvalue weighted by molar-refractivity contribution is 0.230. The minimum Gasteiger partial charge on any atom is -0.496 e. The van der Waals surface area contributed by atoms with Gasteiger partial charge in [0.05, 0.1) is 19.5 Å². The van der Waals surface area contributed by atoms with Crippen molar-refractivity contribution in [3.8, 4) is 5.75 Å². The monoisotopic (exact) mass is 244 g/mol. The van der Waals surface area contributed by atoms with E-state index < -0.39 is 16.2 Å². The molecule has 1 aromatic rings. The number of hydrogen-bond donors (Lipinski definition) is 0. The molecule has 0 radical (unpaired) electrons. The van der Waals surface area contributed by atoms with Crippen LogP contribution in [0.3, 0.4) is 0 Å². The van der Waals surface area contributed by atoms with Gasteiger partial charge < -0.3 is 4.74 Å². The maximum atomic E-state index is 10.9. The molecule has 1 atom stereocenters. The molecular formula is C11H16O4S. The lowest BCUT2D eigenvalue weighted by Crippen LogP contribution is -2.16. The van der Waals surface area contributed by atoms with E-state index in [0.29, 0.717) is 6.42 Å². The molecule has 16 heavy (non-hydrogen) atoms. The molecular weight excluding hydrogens is 228 g/mol. The first-order valence-corrected chi connectivity index (χ1v) is 6.74. The first kappa shape index (κ1) is 13.0. The second-order valence-corrected chi connectivity index (χ2v) is 5.23. The largest absolute Gasteiger partial charge is 0.496 e. The molecule has 0 saturated heterocycles. The summed E-state index contributed by atoms with van der Waals surface area (Å²) in [4.78, 5) is 0. The van der Waals surface area contributed by atoms with Gasteiger partial charge in [-0.2, -0.15) is 8.42 Å². The smallest absolute Gasteiger partial charge is 0.264 e. The third kappa shape index (κ3) is 4.20. The molecule has 0 aromatic heterocycles. The summed E-state index contributed by atoms with van der Waals surface area (Å²) in [5.74, 6) is 0.742. The lowest BCUT2D eigenvalue weighted by Gasteiger charge is -2.13. The molecule has 0 N–H and O–H groups in total. The van der Waals surface area contributed by atoms with E-state index >= 15 is 0 Å². The van der Waals surface area contributed by atoms with Crippen LogP contribution in [0.4, 0.5) is 0 Å². The van der Waals surface area contributed by atoms with Crippen LogP contribution in [0.1, 0.15) is 12.5 Å². The number of rotatable bonds is 5. The molecule has 0 fully saturated rings. The molecule has 0 aliphatic carbocycles. The molecule has 0 bridgehead atoms. The molecule has 1 aromatic carbocycles. The van der Waals surface area contributed by atoms with Gasteiger partial charge in [-0.1, -0.05) is 18.2 Å². The molecule has 0 amide bonds. The Kier molecular flexibility index (Phi) is 4.32. The normalized spacial score (nSPS) is 13.4. The molecule has 0 aliphatic rings. The Bertz CT molecular complexity index is 439. The van der Waals surface area contributed by atoms with E-state index in [1.807, 2.05) is 24.3 Å². The first-order valence-electron chi connectivity index (χ1n) is 4.92. The average Bonchev–Trinajstić information content (AvgIpc) is 2.15. The molecule has 4 nitrogen and oxygen atoms in total. The number of para-hydroxylation sites is 1. The van der Waals surface area contributed by atoms with Gasteiger partial charge in [-0.15, -0.1) is 0 Å². The van der Waals surface area contributed by atoms with Crippen molar-refractivity contribution in [1.82, 2.24) is 0 Å². The summed E-state index contributed by atoms with van der Waals surface area (Å²) in [6, 6.07) is 7.47. The van der Waals surface area contributed by atoms with Crippen LogP contribution in [0.25, 0.3) is 0 Å². The highest BCUT2D eigenvalue weighted by molar-refractivity contribution is 7.86. The van der Waals surface area contributed by atoms with Crippen molar-refractivity contribution >= 4 is 10.1 Å². The summed E-state index contributed by atoms with van der Waals surface area (Å²) in [6.45, 7) is 1.72. The third-order valence-electron chi connectivity index (χ3n) is 2.04. The number of hydrogen-bond acceptors (Lipinski definition) is 4. The van der Waals surface area contributed by atoms with Crippen LogP contribution in [-0.2, 0) is 20.7 Å². The van der Waals surface area contributed by atoms with Crippen LogP contribution in [0, 0.1) is 0 Å². The highest BCUT2D eigenvalue weighted by Crippen LogP contribution is 2.20. The molecule has 0 spiro atoms. The fourth-order valence-corrected chi connectivity index (χ4v) is 2.18. The van der Waals surface area contributed by atoms with E-state index in [0.717, 1.165) is 17.6 Å². The van der Waals surface area contributed by atoms with E-state index in [-0.39, 0.29) is 0 Å². The van der Waals surface area contributed by atoms with Crippen LogP contribution in [0.5, 0.6) is 5.75 Å². The summed E-state index contributed by atoms with van der Waals surface area (Å²) in [5, 5.41) is 0. The fraction of sp³-hybridized carbons (Fsp3) is 0.455. The lowest BCUT2D eigenvalue weighted by atomic mass is 10.1. The van der Waals surface area contributed by atoms with Crippen molar-refractivity contribution in [2.45, 2.75) is 19.4 Å². The molecule has 5 heteroatoms. The molecule has 0 heterocycles. The predicted molar refractivity (Wildman–Crippen MR) is 62.1 cm³/mol. The summed E-state index contributed by atoms with van der Waals surface area (Å²) >= 11 is 0. The second kappa shape index (κ2) is 5.32. The van der Waals surface area contributed by atoms with Gasteiger partial charge in [0.1, 0.15) is 5.75 Å². The second-order valence-electron chi connectivity index (χ2n) is 3.63. The standard InChI is InChI=1S/C11H16O4S/c1-9(15-16(3,12)13)8-10-6-4-5-7-11(10)14-2/h4-7,9H,8H2,1-3H3. The zero-order valence-electron chi connectivity index (χ0n) is 9.64. The number of benzene rings is 1. The van der Waals surface area contributed by atoms with E-state index in [9.17, 15) is 8.42 Å². The summed E-state index contributed by atoms with van der Waals surface area (Å²) in [6.07, 6.45) is 1.15. The highest BCUT2D eigenvalue weighted by Gasteiger charge is 2.13. The van der Waals surface area contributed by atoms with Gasteiger partial charge in [-0.05, 0) is 18.6 Å².